The van der Waals surface area contributed by atoms with E-state index in [-0.39, 0.29) is 6.17 Å². The van der Waals surface area contributed by atoms with Gasteiger partial charge in [0.2, 0.25) is 5.96 Å². The Labute approximate surface area is 85.1 Å². The summed E-state index contributed by atoms with van der Waals surface area (Å²) in [7, 11) is 3.86. The van der Waals surface area contributed by atoms with Gasteiger partial charge in [-0.2, -0.15) is 0 Å². The molecule has 0 radical (unpaired) electrons. The van der Waals surface area contributed by atoms with Crippen LogP contribution in [0.15, 0.2) is 9.98 Å². The van der Waals surface area contributed by atoms with Gasteiger partial charge in [0.1, 0.15) is 6.17 Å². The average molecular weight is 197 g/mol. The Kier molecular flexibility index (Phi) is 3.33. The Hall–Kier alpha value is -1.26. The van der Waals surface area contributed by atoms with Gasteiger partial charge in [0, 0.05) is 14.1 Å². The van der Waals surface area contributed by atoms with E-state index in [1.165, 1.54) is 0 Å². The molecule has 1 rings (SSSR count). The van der Waals surface area contributed by atoms with E-state index in [4.69, 9.17) is 5.73 Å². The maximum Gasteiger partial charge on any atom is 0.202 e. The third-order valence-corrected chi connectivity index (χ3v) is 2.34. The molecule has 0 aromatic carbocycles. The zero-order valence-corrected chi connectivity index (χ0v) is 9.28. The summed E-state index contributed by atoms with van der Waals surface area (Å²) in [4.78, 5) is 10.6. The maximum absolute atomic E-state index is 5.68. The number of nitrogens with zero attached hydrogens (tertiary/aromatic N) is 3. The second kappa shape index (κ2) is 4.30. The molecule has 0 bridgehead atoms. The predicted octanol–water partition coefficient (Wildman–Crippen LogP) is 0.194. The van der Waals surface area contributed by atoms with Crippen LogP contribution in [-0.2, 0) is 0 Å². The van der Waals surface area contributed by atoms with E-state index in [9.17, 15) is 0 Å². The standard InChI is InChI=1S/C9H19N5/c1-5-6(2)7-11-8(10)13-9(12-7)14(3)4/h6-7H,5H2,1-4H3,(H3,10,11,12,13). The molecule has 14 heavy (non-hydrogen) atoms. The van der Waals surface area contributed by atoms with Gasteiger partial charge in [-0.05, 0) is 12.3 Å². The Balaban J connectivity index is 2.79. The molecule has 3 N–H and O–H groups in total. The van der Waals surface area contributed by atoms with Gasteiger partial charge in [0.15, 0.2) is 5.96 Å². The summed E-state index contributed by atoms with van der Waals surface area (Å²) in [6.07, 6.45) is 1.00. The third-order valence-electron chi connectivity index (χ3n) is 2.34. The minimum absolute atomic E-state index is 0.0429. The van der Waals surface area contributed by atoms with E-state index in [1.54, 1.807) is 0 Å². The van der Waals surface area contributed by atoms with Gasteiger partial charge in [-0.15, -0.1) is 0 Å². The van der Waals surface area contributed by atoms with E-state index >= 15 is 0 Å². The second-order valence-electron chi connectivity index (χ2n) is 3.79. The van der Waals surface area contributed by atoms with E-state index < -0.39 is 0 Å². The molecule has 0 spiro atoms. The minimum Gasteiger partial charge on any atom is -0.370 e. The maximum atomic E-state index is 5.68. The first kappa shape index (κ1) is 10.8. The second-order valence-corrected chi connectivity index (χ2v) is 3.79. The molecule has 2 atom stereocenters. The molecular formula is C9H19N5. The lowest BCUT2D eigenvalue weighted by molar-refractivity contribution is 0.442. The molecule has 0 aliphatic carbocycles. The lowest BCUT2D eigenvalue weighted by atomic mass is 10.1. The van der Waals surface area contributed by atoms with Crippen molar-refractivity contribution in [3.05, 3.63) is 0 Å². The topological polar surface area (TPSA) is 66.0 Å². The van der Waals surface area contributed by atoms with Crippen LogP contribution in [0.25, 0.3) is 0 Å². The molecule has 0 fully saturated rings. The molecular weight excluding hydrogens is 178 g/mol. The number of nitrogens with one attached hydrogen (secondary N) is 1. The Morgan fingerprint density at radius 3 is 2.64 bits per heavy atom. The minimum atomic E-state index is -0.0429. The zero-order chi connectivity index (χ0) is 10.7. The highest BCUT2D eigenvalue weighted by Gasteiger charge is 2.20. The third kappa shape index (κ3) is 2.37. The van der Waals surface area contributed by atoms with Crippen LogP contribution in [0.3, 0.4) is 0 Å². The van der Waals surface area contributed by atoms with E-state index in [0.717, 1.165) is 12.4 Å². The summed E-state index contributed by atoms with van der Waals surface area (Å²) in [6.45, 7) is 4.26. The monoisotopic (exact) mass is 197 g/mol. The van der Waals surface area contributed by atoms with Gasteiger partial charge in [-0.3, -0.25) is 5.32 Å². The molecule has 1 heterocycles. The van der Waals surface area contributed by atoms with Crippen molar-refractivity contribution < 1.29 is 0 Å². The molecule has 0 amide bonds. The van der Waals surface area contributed by atoms with Crippen molar-refractivity contribution in [2.75, 3.05) is 14.1 Å². The Bertz CT molecular complexity index is 256. The number of rotatable bonds is 2. The molecule has 1 aliphatic heterocycles. The normalized spacial score (nSPS) is 23.3. The average Bonchev–Trinajstić information content (AvgIpc) is 2.15. The van der Waals surface area contributed by atoms with Crippen LogP contribution < -0.4 is 11.1 Å². The lowest BCUT2D eigenvalue weighted by Gasteiger charge is -2.25. The predicted molar refractivity (Wildman–Crippen MR) is 59.1 cm³/mol. The first-order valence-electron chi connectivity index (χ1n) is 4.90. The fourth-order valence-electron chi connectivity index (χ4n) is 1.17. The summed E-state index contributed by atoms with van der Waals surface area (Å²) in [5.41, 5.74) is 5.68. The summed E-state index contributed by atoms with van der Waals surface area (Å²) in [5.74, 6) is 1.66. The van der Waals surface area contributed by atoms with Crippen LogP contribution in [0, 0.1) is 5.92 Å². The summed E-state index contributed by atoms with van der Waals surface area (Å²) < 4.78 is 0. The molecule has 80 valence electrons. The SMILES string of the molecule is CCC(C)C1N=C(N)NC(N(C)C)=N1. The number of guanidine groups is 2. The van der Waals surface area contributed by atoms with Crippen LogP contribution in [0.4, 0.5) is 0 Å². The molecule has 0 aromatic rings. The molecule has 5 nitrogen and oxygen atoms in total. The summed E-state index contributed by atoms with van der Waals surface area (Å²) in [5, 5.41) is 2.93. The van der Waals surface area contributed by atoms with Crippen molar-refractivity contribution in [1.29, 1.82) is 0 Å². The molecule has 0 saturated heterocycles. The Morgan fingerprint density at radius 1 is 1.50 bits per heavy atom. The highest BCUT2D eigenvalue weighted by Crippen LogP contribution is 2.14. The number of hydrogen-bond acceptors (Lipinski definition) is 5. The number of hydrogen-bond donors (Lipinski definition) is 2. The molecule has 5 heteroatoms. The van der Waals surface area contributed by atoms with Crippen molar-refractivity contribution in [3.8, 4) is 0 Å². The van der Waals surface area contributed by atoms with Gasteiger partial charge < -0.3 is 10.6 Å². The van der Waals surface area contributed by atoms with E-state index in [0.29, 0.717) is 11.9 Å². The van der Waals surface area contributed by atoms with Crippen LogP contribution >= 0.6 is 0 Å². The van der Waals surface area contributed by atoms with Crippen LogP contribution in [0.2, 0.25) is 0 Å². The zero-order valence-electron chi connectivity index (χ0n) is 9.28. The summed E-state index contributed by atoms with van der Waals surface area (Å²) in [6, 6.07) is 0. The fraction of sp³-hybridized carbons (Fsp3) is 0.778. The van der Waals surface area contributed by atoms with Gasteiger partial charge in [-0.25, -0.2) is 9.98 Å². The molecule has 0 saturated carbocycles. The largest absolute Gasteiger partial charge is 0.370 e. The van der Waals surface area contributed by atoms with Crippen molar-refractivity contribution in [3.63, 3.8) is 0 Å². The van der Waals surface area contributed by atoms with Gasteiger partial charge in [0.05, 0.1) is 0 Å². The number of aliphatic imine (C=N–C) groups is 2. The van der Waals surface area contributed by atoms with Crippen LogP contribution in [0.1, 0.15) is 20.3 Å². The number of nitrogens with two attached hydrogens (primary N) is 1. The highest BCUT2D eigenvalue weighted by molar-refractivity contribution is 5.99. The first-order valence-corrected chi connectivity index (χ1v) is 4.90. The lowest BCUT2D eigenvalue weighted by Crippen LogP contribution is -2.48. The molecule has 0 aromatic heterocycles. The van der Waals surface area contributed by atoms with Crippen LogP contribution in [-0.4, -0.2) is 37.1 Å². The Morgan fingerprint density at radius 2 is 2.14 bits per heavy atom. The van der Waals surface area contributed by atoms with Crippen molar-refractivity contribution >= 4 is 11.9 Å². The first-order chi connectivity index (χ1) is 6.54. The van der Waals surface area contributed by atoms with Crippen molar-refractivity contribution in [2.24, 2.45) is 21.6 Å². The van der Waals surface area contributed by atoms with Gasteiger partial charge >= 0.3 is 0 Å². The fourth-order valence-corrected chi connectivity index (χ4v) is 1.17. The van der Waals surface area contributed by atoms with Gasteiger partial charge in [-0.1, -0.05) is 13.8 Å². The molecule has 1 aliphatic rings. The quantitative estimate of drug-likeness (QED) is 0.664. The van der Waals surface area contributed by atoms with E-state index in [2.05, 4.69) is 29.1 Å². The van der Waals surface area contributed by atoms with Gasteiger partial charge in [0.25, 0.3) is 0 Å². The van der Waals surface area contributed by atoms with Crippen molar-refractivity contribution in [1.82, 2.24) is 10.2 Å². The summed E-state index contributed by atoms with van der Waals surface area (Å²) >= 11 is 0. The smallest absolute Gasteiger partial charge is 0.202 e. The molecule has 2 unspecified atom stereocenters. The van der Waals surface area contributed by atoms with Crippen molar-refractivity contribution in [2.45, 2.75) is 26.4 Å². The van der Waals surface area contributed by atoms with E-state index in [1.807, 2.05) is 19.0 Å². The van der Waals surface area contributed by atoms with Crippen LogP contribution in [0.5, 0.6) is 0 Å². The highest BCUT2D eigenvalue weighted by atomic mass is 15.4.